The summed E-state index contributed by atoms with van der Waals surface area (Å²) in [5.74, 6) is 0.190. The lowest BCUT2D eigenvalue weighted by Crippen LogP contribution is -2.59. The fraction of sp³-hybridized carbons (Fsp3) is 0.733. The van der Waals surface area contributed by atoms with Gasteiger partial charge in [-0.05, 0) is 45.8 Å². The number of hydrogen-bond acceptors (Lipinski definition) is 4. The second-order valence-corrected chi connectivity index (χ2v) is 6.20. The molecule has 0 aromatic carbocycles. The quantitative estimate of drug-likeness (QED) is 0.867. The monoisotopic (exact) mass is 292 g/mol. The van der Waals surface area contributed by atoms with Crippen molar-refractivity contribution in [1.82, 2.24) is 20.0 Å². The molecule has 2 fully saturated rings. The molecule has 2 aliphatic heterocycles. The van der Waals surface area contributed by atoms with Gasteiger partial charge in [0.15, 0.2) is 0 Å². The summed E-state index contributed by atoms with van der Waals surface area (Å²) >= 11 is 0. The van der Waals surface area contributed by atoms with Gasteiger partial charge in [-0.15, -0.1) is 0 Å². The highest BCUT2D eigenvalue weighted by molar-refractivity contribution is 5.85. The molecule has 116 valence electrons. The lowest BCUT2D eigenvalue weighted by molar-refractivity contribution is -0.154. The fourth-order valence-electron chi connectivity index (χ4n) is 3.54. The van der Waals surface area contributed by atoms with E-state index < -0.39 is 5.54 Å². The molecule has 2 unspecified atom stereocenters. The van der Waals surface area contributed by atoms with Gasteiger partial charge in [-0.25, -0.2) is 0 Å². The van der Waals surface area contributed by atoms with E-state index in [2.05, 4.69) is 10.4 Å². The molecule has 21 heavy (non-hydrogen) atoms. The van der Waals surface area contributed by atoms with E-state index in [1.807, 2.05) is 35.7 Å². The number of nitrogens with one attached hydrogen (secondary N) is 1. The fourth-order valence-corrected chi connectivity index (χ4v) is 3.54. The van der Waals surface area contributed by atoms with Crippen LogP contribution in [-0.2, 0) is 15.1 Å². The van der Waals surface area contributed by atoms with Crippen LogP contribution in [0.4, 0.5) is 0 Å². The Labute approximate surface area is 125 Å². The average molecular weight is 292 g/mol. The summed E-state index contributed by atoms with van der Waals surface area (Å²) in [5.41, 5.74) is -0.536. The SMILES string of the molecule is CC1CN(C(=O)C2(n3cccn3)CCNCC2)CC(C)O1. The van der Waals surface area contributed by atoms with Gasteiger partial charge in [-0.3, -0.25) is 9.48 Å². The van der Waals surface area contributed by atoms with Crippen LogP contribution in [0.15, 0.2) is 18.5 Å². The Morgan fingerprint density at radius 1 is 1.29 bits per heavy atom. The molecule has 0 radical (unpaired) electrons. The van der Waals surface area contributed by atoms with E-state index in [1.54, 1.807) is 6.20 Å². The lowest BCUT2D eigenvalue weighted by atomic mass is 9.86. The average Bonchev–Trinajstić information content (AvgIpc) is 3.01. The number of carbonyl (C=O) groups is 1. The number of carbonyl (C=O) groups excluding carboxylic acids is 1. The standard InChI is InChI=1S/C15H24N4O2/c1-12-10-18(11-13(2)21-12)14(20)15(4-7-16-8-5-15)19-9-3-6-17-19/h3,6,9,12-13,16H,4-5,7-8,10-11H2,1-2H3. The highest BCUT2D eigenvalue weighted by Gasteiger charge is 2.45. The summed E-state index contributed by atoms with van der Waals surface area (Å²) in [5, 5.41) is 7.72. The minimum Gasteiger partial charge on any atom is -0.372 e. The van der Waals surface area contributed by atoms with Crippen molar-refractivity contribution in [2.24, 2.45) is 0 Å². The second kappa shape index (κ2) is 5.77. The molecule has 0 aliphatic carbocycles. The minimum absolute atomic E-state index is 0.0917. The molecule has 1 N–H and O–H groups in total. The molecular formula is C15H24N4O2. The maximum Gasteiger partial charge on any atom is 0.250 e. The van der Waals surface area contributed by atoms with Crippen molar-refractivity contribution in [2.75, 3.05) is 26.2 Å². The highest BCUT2D eigenvalue weighted by atomic mass is 16.5. The van der Waals surface area contributed by atoms with E-state index in [9.17, 15) is 4.79 Å². The van der Waals surface area contributed by atoms with Gasteiger partial charge in [0, 0.05) is 25.5 Å². The topological polar surface area (TPSA) is 59.4 Å². The summed E-state index contributed by atoms with van der Waals surface area (Å²) in [4.78, 5) is 15.2. The molecule has 6 nitrogen and oxygen atoms in total. The molecule has 2 saturated heterocycles. The van der Waals surface area contributed by atoms with Crippen LogP contribution in [0.3, 0.4) is 0 Å². The highest BCUT2D eigenvalue weighted by Crippen LogP contribution is 2.30. The first-order chi connectivity index (χ1) is 10.1. The molecule has 2 aliphatic rings. The van der Waals surface area contributed by atoms with Crippen LogP contribution < -0.4 is 5.32 Å². The Hall–Kier alpha value is -1.40. The third-order valence-electron chi connectivity index (χ3n) is 4.48. The first-order valence-electron chi connectivity index (χ1n) is 7.77. The first-order valence-corrected chi connectivity index (χ1v) is 7.77. The van der Waals surface area contributed by atoms with Crippen molar-refractivity contribution in [1.29, 1.82) is 0 Å². The predicted octanol–water partition coefficient (Wildman–Crippen LogP) is 0.598. The van der Waals surface area contributed by atoms with Gasteiger partial charge in [0.1, 0.15) is 5.54 Å². The van der Waals surface area contributed by atoms with Crippen LogP contribution in [0.1, 0.15) is 26.7 Å². The van der Waals surface area contributed by atoms with Gasteiger partial charge in [-0.2, -0.15) is 5.10 Å². The smallest absolute Gasteiger partial charge is 0.250 e. The molecule has 1 amide bonds. The van der Waals surface area contributed by atoms with Gasteiger partial charge in [0.05, 0.1) is 12.2 Å². The third kappa shape index (κ3) is 2.70. The van der Waals surface area contributed by atoms with Crippen LogP contribution in [0.2, 0.25) is 0 Å². The van der Waals surface area contributed by atoms with Crippen molar-refractivity contribution >= 4 is 5.91 Å². The van der Waals surface area contributed by atoms with Crippen molar-refractivity contribution in [3.63, 3.8) is 0 Å². The van der Waals surface area contributed by atoms with E-state index in [0.29, 0.717) is 13.1 Å². The van der Waals surface area contributed by atoms with E-state index in [0.717, 1.165) is 25.9 Å². The number of morpholine rings is 1. The normalized spacial score (nSPS) is 29.3. The zero-order chi connectivity index (χ0) is 14.9. The summed E-state index contributed by atoms with van der Waals surface area (Å²) in [6.07, 6.45) is 5.42. The summed E-state index contributed by atoms with van der Waals surface area (Å²) in [6, 6.07) is 1.89. The lowest BCUT2D eigenvalue weighted by Gasteiger charge is -2.43. The summed E-state index contributed by atoms with van der Waals surface area (Å²) in [6.45, 7) is 7.08. The summed E-state index contributed by atoms with van der Waals surface area (Å²) < 4.78 is 7.61. The number of ether oxygens (including phenoxy) is 1. The molecular weight excluding hydrogens is 268 g/mol. The minimum atomic E-state index is -0.536. The van der Waals surface area contributed by atoms with E-state index in [1.165, 1.54) is 0 Å². The van der Waals surface area contributed by atoms with Crippen molar-refractivity contribution in [2.45, 2.75) is 44.4 Å². The molecule has 1 aromatic rings. The van der Waals surface area contributed by atoms with Crippen LogP contribution in [-0.4, -0.2) is 59.0 Å². The zero-order valence-electron chi connectivity index (χ0n) is 12.8. The maximum absolute atomic E-state index is 13.2. The van der Waals surface area contributed by atoms with E-state index >= 15 is 0 Å². The van der Waals surface area contributed by atoms with Gasteiger partial charge < -0.3 is 15.0 Å². The van der Waals surface area contributed by atoms with Gasteiger partial charge in [0.2, 0.25) is 0 Å². The van der Waals surface area contributed by atoms with Crippen molar-refractivity contribution < 1.29 is 9.53 Å². The molecule has 3 rings (SSSR count). The maximum atomic E-state index is 13.2. The number of amides is 1. The van der Waals surface area contributed by atoms with Crippen LogP contribution in [0.25, 0.3) is 0 Å². The Morgan fingerprint density at radius 2 is 1.95 bits per heavy atom. The molecule has 3 heterocycles. The number of rotatable bonds is 2. The third-order valence-corrected chi connectivity index (χ3v) is 4.48. The van der Waals surface area contributed by atoms with Crippen LogP contribution in [0, 0.1) is 0 Å². The Balaban J connectivity index is 1.88. The van der Waals surface area contributed by atoms with Crippen LogP contribution in [0.5, 0.6) is 0 Å². The molecule has 6 heteroatoms. The largest absolute Gasteiger partial charge is 0.372 e. The van der Waals surface area contributed by atoms with Crippen molar-refractivity contribution in [3.05, 3.63) is 18.5 Å². The Morgan fingerprint density at radius 3 is 2.52 bits per heavy atom. The Bertz CT molecular complexity index is 472. The van der Waals surface area contributed by atoms with Gasteiger partial charge in [-0.1, -0.05) is 0 Å². The zero-order valence-corrected chi connectivity index (χ0v) is 12.8. The number of aromatic nitrogens is 2. The van der Waals surface area contributed by atoms with Gasteiger partial charge >= 0.3 is 0 Å². The number of hydrogen-bond donors (Lipinski definition) is 1. The molecule has 0 spiro atoms. The molecule has 1 aromatic heterocycles. The molecule has 2 atom stereocenters. The summed E-state index contributed by atoms with van der Waals surface area (Å²) in [7, 11) is 0. The van der Waals surface area contributed by atoms with Gasteiger partial charge in [0.25, 0.3) is 5.91 Å². The molecule has 0 saturated carbocycles. The van der Waals surface area contributed by atoms with E-state index in [4.69, 9.17) is 4.74 Å². The second-order valence-electron chi connectivity index (χ2n) is 6.20. The number of nitrogens with zero attached hydrogens (tertiary/aromatic N) is 3. The number of piperidine rings is 1. The Kier molecular flexibility index (Phi) is 3.99. The van der Waals surface area contributed by atoms with Crippen LogP contribution >= 0.6 is 0 Å². The molecule has 0 bridgehead atoms. The van der Waals surface area contributed by atoms with Crippen molar-refractivity contribution in [3.8, 4) is 0 Å². The predicted molar refractivity (Wildman–Crippen MR) is 78.9 cm³/mol. The first kappa shape index (κ1) is 14.5. The van der Waals surface area contributed by atoms with E-state index in [-0.39, 0.29) is 18.1 Å².